The molecule has 0 aromatic rings. The summed E-state index contributed by atoms with van der Waals surface area (Å²) < 4.78 is 4.96. The van der Waals surface area contributed by atoms with E-state index in [1.165, 1.54) is 0 Å². The summed E-state index contributed by atoms with van der Waals surface area (Å²) in [7, 11) is 0. The smallest absolute Gasteiger partial charge is 0.0918 e. The molecule has 0 spiro atoms. The standard InChI is InChI=1S/C4H9ClOS/c1-7-4-6-3-2-5/h2-4H2,1H3. The Labute approximate surface area is 53.4 Å². The van der Waals surface area contributed by atoms with Gasteiger partial charge in [0.15, 0.2) is 0 Å². The summed E-state index contributed by atoms with van der Waals surface area (Å²) in [4.78, 5) is 0. The van der Waals surface area contributed by atoms with Gasteiger partial charge in [0, 0.05) is 5.88 Å². The lowest BCUT2D eigenvalue weighted by Crippen LogP contribution is -1.92. The molecule has 0 bridgehead atoms. The predicted molar refractivity (Wildman–Crippen MR) is 35.1 cm³/mol. The average molecular weight is 141 g/mol. The second-order valence-corrected chi connectivity index (χ2v) is 2.19. The van der Waals surface area contributed by atoms with Crippen molar-refractivity contribution >= 4 is 23.4 Å². The van der Waals surface area contributed by atoms with Crippen molar-refractivity contribution in [1.29, 1.82) is 0 Å². The summed E-state index contributed by atoms with van der Waals surface area (Å²) in [6.45, 7) is 0.669. The molecule has 0 saturated carbocycles. The Morgan fingerprint density at radius 3 is 2.86 bits per heavy atom. The Morgan fingerprint density at radius 2 is 2.43 bits per heavy atom. The lowest BCUT2D eigenvalue weighted by molar-refractivity contribution is 0.201. The second-order valence-electron chi connectivity index (χ2n) is 1.00. The molecule has 0 N–H and O–H groups in total. The maximum absolute atomic E-state index is 5.30. The van der Waals surface area contributed by atoms with Gasteiger partial charge in [-0.15, -0.1) is 23.4 Å². The van der Waals surface area contributed by atoms with Gasteiger partial charge in [-0.05, 0) is 6.26 Å². The molecular weight excluding hydrogens is 132 g/mol. The quantitative estimate of drug-likeness (QED) is 0.333. The molecule has 0 rings (SSSR count). The summed E-state index contributed by atoms with van der Waals surface area (Å²) >= 11 is 6.96. The number of thioether (sulfide) groups is 1. The highest BCUT2D eigenvalue weighted by Crippen LogP contribution is 1.91. The molecule has 0 atom stereocenters. The highest BCUT2D eigenvalue weighted by Gasteiger charge is 1.79. The molecular formula is C4H9ClOS. The molecule has 0 aliphatic carbocycles. The molecule has 0 aromatic carbocycles. The first-order valence-corrected chi connectivity index (χ1v) is 3.97. The summed E-state index contributed by atoms with van der Waals surface area (Å²) in [6, 6.07) is 0. The van der Waals surface area contributed by atoms with Crippen LogP contribution in [0, 0.1) is 0 Å². The zero-order valence-electron chi connectivity index (χ0n) is 4.32. The van der Waals surface area contributed by atoms with Crippen LogP contribution in [0.5, 0.6) is 0 Å². The van der Waals surface area contributed by atoms with E-state index in [4.69, 9.17) is 16.3 Å². The summed E-state index contributed by atoms with van der Waals surface area (Å²) in [5.41, 5.74) is 0. The third-order valence-electron chi connectivity index (χ3n) is 0.423. The average Bonchev–Trinajstić information content (AvgIpc) is 1.69. The van der Waals surface area contributed by atoms with E-state index in [0.29, 0.717) is 12.5 Å². The van der Waals surface area contributed by atoms with Crippen molar-refractivity contribution in [3.63, 3.8) is 0 Å². The van der Waals surface area contributed by atoms with Crippen LogP contribution in [0.25, 0.3) is 0 Å². The van der Waals surface area contributed by atoms with E-state index in [2.05, 4.69) is 0 Å². The van der Waals surface area contributed by atoms with Gasteiger partial charge in [-0.1, -0.05) is 0 Å². The highest BCUT2D eigenvalue weighted by molar-refractivity contribution is 7.98. The molecule has 7 heavy (non-hydrogen) atoms. The normalized spacial score (nSPS) is 9.43. The van der Waals surface area contributed by atoms with Crippen molar-refractivity contribution < 1.29 is 4.74 Å². The van der Waals surface area contributed by atoms with Gasteiger partial charge in [-0.2, -0.15) is 0 Å². The monoisotopic (exact) mass is 140 g/mol. The van der Waals surface area contributed by atoms with Crippen LogP contribution in [0.2, 0.25) is 0 Å². The van der Waals surface area contributed by atoms with Crippen molar-refractivity contribution in [2.45, 2.75) is 0 Å². The van der Waals surface area contributed by atoms with E-state index in [9.17, 15) is 0 Å². The summed E-state index contributed by atoms with van der Waals surface area (Å²) in [6.07, 6.45) is 1.99. The predicted octanol–water partition coefficient (Wildman–Crippen LogP) is 1.56. The number of alkyl halides is 1. The van der Waals surface area contributed by atoms with Gasteiger partial charge in [-0.25, -0.2) is 0 Å². The molecule has 3 heteroatoms. The van der Waals surface area contributed by atoms with Crippen LogP contribution in [0.15, 0.2) is 0 Å². The minimum Gasteiger partial charge on any atom is -0.370 e. The van der Waals surface area contributed by atoms with Crippen molar-refractivity contribution in [2.75, 3.05) is 24.7 Å². The molecule has 0 aromatic heterocycles. The van der Waals surface area contributed by atoms with Crippen molar-refractivity contribution in [3.05, 3.63) is 0 Å². The SMILES string of the molecule is CSCOCCCl. The molecule has 0 aliphatic heterocycles. The first-order valence-electron chi connectivity index (χ1n) is 2.04. The van der Waals surface area contributed by atoms with E-state index in [1.807, 2.05) is 6.26 Å². The first-order chi connectivity index (χ1) is 3.41. The third-order valence-corrected chi connectivity index (χ3v) is 0.979. The lowest BCUT2D eigenvalue weighted by atomic mass is 10.9. The van der Waals surface area contributed by atoms with E-state index in [1.54, 1.807) is 11.8 Å². The molecule has 1 nitrogen and oxygen atoms in total. The van der Waals surface area contributed by atoms with Crippen LogP contribution < -0.4 is 0 Å². The molecule has 0 fully saturated rings. The summed E-state index contributed by atoms with van der Waals surface area (Å²) in [5.74, 6) is 1.35. The minimum absolute atomic E-state index is 0.598. The zero-order valence-corrected chi connectivity index (χ0v) is 5.89. The highest BCUT2D eigenvalue weighted by atomic mass is 35.5. The molecule has 0 saturated heterocycles. The zero-order chi connectivity index (χ0) is 5.54. The fourth-order valence-corrected chi connectivity index (χ4v) is 0.590. The third kappa shape index (κ3) is 6.60. The van der Waals surface area contributed by atoms with Crippen LogP contribution in [-0.4, -0.2) is 24.7 Å². The van der Waals surface area contributed by atoms with Crippen LogP contribution >= 0.6 is 23.4 Å². The molecule has 0 amide bonds. The van der Waals surface area contributed by atoms with Crippen molar-refractivity contribution in [1.82, 2.24) is 0 Å². The van der Waals surface area contributed by atoms with Crippen LogP contribution in [0.1, 0.15) is 0 Å². The maximum Gasteiger partial charge on any atom is 0.0918 e. The Kier molecular flexibility index (Phi) is 7.17. The van der Waals surface area contributed by atoms with Gasteiger partial charge >= 0.3 is 0 Å². The lowest BCUT2D eigenvalue weighted by Gasteiger charge is -1.94. The second kappa shape index (κ2) is 6.60. The van der Waals surface area contributed by atoms with Gasteiger partial charge < -0.3 is 4.74 Å². The van der Waals surface area contributed by atoms with Crippen LogP contribution in [0.3, 0.4) is 0 Å². The molecule has 0 heterocycles. The van der Waals surface area contributed by atoms with Gasteiger partial charge in [0.1, 0.15) is 0 Å². The molecule has 44 valence electrons. The fraction of sp³-hybridized carbons (Fsp3) is 1.00. The maximum atomic E-state index is 5.30. The van der Waals surface area contributed by atoms with Crippen LogP contribution in [0.4, 0.5) is 0 Å². The van der Waals surface area contributed by atoms with Gasteiger partial charge in [0.25, 0.3) is 0 Å². The van der Waals surface area contributed by atoms with E-state index in [0.717, 1.165) is 5.94 Å². The number of hydrogen-bond acceptors (Lipinski definition) is 2. The first kappa shape index (κ1) is 7.60. The Balaban J connectivity index is 2.45. The van der Waals surface area contributed by atoms with E-state index < -0.39 is 0 Å². The number of rotatable bonds is 4. The van der Waals surface area contributed by atoms with Crippen molar-refractivity contribution in [2.24, 2.45) is 0 Å². The van der Waals surface area contributed by atoms with E-state index >= 15 is 0 Å². The van der Waals surface area contributed by atoms with E-state index in [-0.39, 0.29) is 0 Å². The largest absolute Gasteiger partial charge is 0.370 e. The Morgan fingerprint density at radius 1 is 1.71 bits per heavy atom. The van der Waals surface area contributed by atoms with Crippen molar-refractivity contribution in [3.8, 4) is 0 Å². The Hall–Kier alpha value is 0.600. The molecule has 0 unspecified atom stereocenters. The van der Waals surface area contributed by atoms with Crippen LogP contribution in [-0.2, 0) is 4.74 Å². The summed E-state index contributed by atoms with van der Waals surface area (Å²) in [5, 5.41) is 0. The fourth-order valence-electron chi connectivity index (χ4n) is 0.197. The number of hydrogen-bond donors (Lipinski definition) is 0. The number of halogens is 1. The van der Waals surface area contributed by atoms with Gasteiger partial charge in [-0.3, -0.25) is 0 Å². The molecule has 0 radical (unpaired) electrons. The molecule has 0 aliphatic rings. The number of ether oxygens (including phenoxy) is 1. The Bertz CT molecular complexity index is 30.9. The van der Waals surface area contributed by atoms with Gasteiger partial charge in [0.05, 0.1) is 12.5 Å². The topological polar surface area (TPSA) is 9.23 Å². The minimum atomic E-state index is 0.598. The van der Waals surface area contributed by atoms with Gasteiger partial charge in [0.2, 0.25) is 0 Å².